The average Bonchev–Trinajstić information content (AvgIpc) is 2.95. The van der Waals surface area contributed by atoms with Gasteiger partial charge in [-0.05, 0) is 90.7 Å². The minimum Gasteiger partial charge on any atom is -0.256 e. The fourth-order valence-electron chi connectivity index (χ4n) is 4.51. The molecule has 2 heterocycles. The van der Waals surface area contributed by atoms with Crippen LogP contribution < -0.4 is 0 Å². The van der Waals surface area contributed by atoms with Gasteiger partial charge in [0.1, 0.15) is 0 Å². The first kappa shape index (κ1) is 26.0. The first-order chi connectivity index (χ1) is 18.7. The molecule has 192 valence electrons. The summed E-state index contributed by atoms with van der Waals surface area (Å²) in [6.45, 7) is 3.84. The van der Waals surface area contributed by atoms with E-state index in [-0.39, 0.29) is 4.90 Å². The van der Waals surface area contributed by atoms with Crippen molar-refractivity contribution in [3.05, 3.63) is 126 Å². The van der Waals surface area contributed by atoms with Gasteiger partial charge in [0.25, 0.3) is 0 Å². The largest absolute Gasteiger partial charge is 0.256 e. The van der Waals surface area contributed by atoms with Gasteiger partial charge in [-0.25, -0.2) is 8.42 Å². The number of nitriles is 1. The molecule has 0 unspecified atom stereocenters. The van der Waals surface area contributed by atoms with E-state index in [0.717, 1.165) is 50.0 Å². The van der Waals surface area contributed by atoms with Crippen LogP contribution in [0.25, 0.3) is 33.7 Å². The smallest absolute Gasteiger partial charge is 0.175 e. The van der Waals surface area contributed by atoms with E-state index in [1.165, 1.54) is 6.26 Å². The molecule has 0 aliphatic carbocycles. The van der Waals surface area contributed by atoms with E-state index in [9.17, 15) is 13.7 Å². The maximum Gasteiger partial charge on any atom is 0.175 e. The number of hydrogen-bond acceptors (Lipinski definition) is 5. The summed E-state index contributed by atoms with van der Waals surface area (Å²) in [4.78, 5) is 9.50. The highest BCUT2D eigenvalue weighted by molar-refractivity contribution is 7.90. The van der Waals surface area contributed by atoms with Gasteiger partial charge < -0.3 is 0 Å². The average molecular weight is 530 g/mol. The van der Waals surface area contributed by atoms with Gasteiger partial charge in [-0.2, -0.15) is 5.26 Å². The van der Waals surface area contributed by atoms with Crippen molar-refractivity contribution in [1.29, 1.82) is 5.26 Å². The second kappa shape index (κ2) is 10.3. The van der Waals surface area contributed by atoms with Crippen molar-refractivity contribution in [2.45, 2.75) is 24.2 Å². The number of benzene rings is 3. The number of hydrogen-bond donors (Lipinski definition) is 0. The summed E-state index contributed by atoms with van der Waals surface area (Å²) in [5.41, 5.74) is 6.55. The molecule has 6 heteroatoms. The van der Waals surface area contributed by atoms with Gasteiger partial charge in [0, 0.05) is 35.2 Å². The lowest BCUT2D eigenvalue weighted by Crippen LogP contribution is -2.14. The molecular formula is C33H27N3O2S. The van der Waals surface area contributed by atoms with E-state index in [2.05, 4.69) is 34.2 Å². The Morgan fingerprint density at radius 3 is 2.33 bits per heavy atom. The SMILES string of the molecule is CC(C)(C#N)c1cc(-c2cccc(C=C(c3ccc(S(C)(=O)=O)cc3)c3ccccn3)c2)c2ncccc2c1. The van der Waals surface area contributed by atoms with E-state index in [0.29, 0.717) is 0 Å². The molecule has 0 atom stereocenters. The van der Waals surface area contributed by atoms with Gasteiger partial charge in [0.05, 0.1) is 27.6 Å². The fourth-order valence-corrected chi connectivity index (χ4v) is 5.14. The van der Waals surface area contributed by atoms with Gasteiger partial charge in [-0.15, -0.1) is 0 Å². The van der Waals surface area contributed by atoms with Gasteiger partial charge in [-0.1, -0.05) is 42.5 Å². The lowest BCUT2D eigenvalue weighted by atomic mass is 9.83. The van der Waals surface area contributed by atoms with Crippen molar-refractivity contribution in [1.82, 2.24) is 9.97 Å². The van der Waals surface area contributed by atoms with Crippen molar-refractivity contribution < 1.29 is 8.42 Å². The summed E-state index contributed by atoms with van der Waals surface area (Å²) in [5, 5.41) is 10.8. The Labute approximate surface area is 229 Å². The Morgan fingerprint density at radius 1 is 0.872 bits per heavy atom. The highest BCUT2D eigenvalue weighted by Gasteiger charge is 2.22. The maximum absolute atomic E-state index is 12.0. The quantitative estimate of drug-likeness (QED) is 0.219. The standard InChI is InChI=1S/C33H27N3O2S/c1-33(2,22-34)27-20-26-10-7-17-36-32(26)30(21-27)25-9-6-8-23(18-25)19-29(31-11-4-5-16-35-31)24-12-14-28(15-13-24)39(3,37)38/h4-21H,1-3H3. The second-order valence-corrected chi connectivity index (χ2v) is 12.0. The van der Waals surface area contributed by atoms with E-state index in [1.54, 1.807) is 24.5 Å². The van der Waals surface area contributed by atoms with Crippen LogP contribution in [0.15, 0.2) is 108 Å². The number of sulfone groups is 1. The zero-order chi connectivity index (χ0) is 27.6. The van der Waals surface area contributed by atoms with Crippen molar-refractivity contribution in [2.75, 3.05) is 6.26 Å². The molecule has 0 amide bonds. The Balaban J connectivity index is 1.67. The molecule has 5 rings (SSSR count). The Bertz CT molecular complexity index is 1850. The monoisotopic (exact) mass is 529 g/mol. The second-order valence-electron chi connectivity index (χ2n) is 10.0. The van der Waals surface area contributed by atoms with Gasteiger partial charge in [0.2, 0.25) is 0 Å². The zero-order valence-electron chi connectivity index (χ0n) is 22.0. The predicted molar refractivity (Wildman–Crippen MR) is 157 cm³/mol. The Morgan fingerprint density at radius 2 is 1.64 bits per heavy atom. The summed E-state index contributed by atoms with van der Waals surface area (Å²) in [6, 6.07) is 31.2. The van der Waals surface area contributed by atoms with Crippen LogP contribution in [0, 0.1) is 11.3 Å². The minimum atomic E-state index is -3.30. The molecule has 0 aliphatic rings. The third-order valence-electron chi connectivity index (χ3n) is 6.75. The summed E-state index contributed by atoms with van der Waals surface area (Å²) >= 11 is 0. The summed E-state index contributed by atoms with van der Waals surface area (Å²) in [6.07, 6.45) is 6.78. The van der Waals surface area contributed by atoms with Gasteiger partial charge in [-0.3, -0.25) is 9.97 Å². The number of aromatic nitrogens is 2. The van der Waals surface area contributed by atoms with Crippen molar-refractivity contribution in [3.63, 3.8) is 0 Å². The normalized spacial score (nSPS) is 12.3. The van der Waals surface area contributed by atoms with E-state index >= 15 is 0 Å². The molecule has 39 heavy (non-hydrogen) atoms. The van der Waals surface area contributed by atoms with Crippen LogP contribution in [-0.4, -0.2) is 24.6 Å². The lowest BCUT2D eigenvalue weighted by molar-refractivity contribution is 0.602. The number of pyridine rings is 2. The van der Waals surface area contributed by atoms with Crippen LogP contribution >= 0.6 is 0 Å². The molecular weight excluding hydrogens is 502 g/mol. The molecule has 3 aromatic carbocycles. The molecule has 0 fully saturated rings. The lowest BCUT2D eigenvalue weighted by Gasteiger charge is -2.19. The van der Waals surface area contributed by atoms with Crippen LogP contribution in [0.2, 0.25) is 0 Å². The molecule has 5 nitrogen and oxygen atoms in total. The predicted octanol–water partition coefficient (Wildman–Crippen LogP) is 7.09. The third-order valence-corrected chi connectivity index (χ3v) is 7.88. The molecule has 0 bridgehead atoms. The summed E-state index contributed by atoms with van der Waals surface area (Å²) < 4.78 is 24.0. The molecule has 0 radical (unpaired) electrons. The number of rotatable bonds is 6. The summed E-state index contributed by atoms with van der Waals surface area (Å²) in [5.74, 6) is 0. The first-order valence-electron chi connectivity index (χ1n) is 12.5. The molecule has 2 aromatic heterocycles. The molecule has 5 aromatic rings. The minimum absolute atomic E-state index is 0.271. The third kappa shape index (κ3) is 5.50. The van der Waals surface area contributed by atoms with Crippen LogP contribution in [0.4, 0.5) is 0 Å². The van der Waals surface area contributed by atoms with E-state index in [4.69, 9.17) is 0 Å². The van der Waals surface area contributed by atoms with Crippen molar-refractivity contribution in [3.8, 4) is 17.2 Å². The Kier molecular flexibility index (Phi) is 6.86. The van der Waals surface area contributed by atoms with E-state index < -0.39 is 15.3 Å². The van der Waals surface area contributed by atoms with Crippen LogP contribution in [0.3, 0.4) is 0 Å². The van der Waals surface area contributed by atoms with Gasteiger partial charge in [0.15, 0.2) is 9.84 Å². The maximum atomic E-state index is 12.0. The Hall–Kier alpha value is -4.60. The highest BCUT2D eigenvalue weighted by Crippen LogP contribution is 2.35. The highest BCUT2D eigenvalue weighted by atomic mass is 32.2. The first-order valence-corrected chi connectivity index (χ1v) is 14.4. The summed E-state index contributed by atoms with van der Waals surface area (Å²) in [7, 11) is -3.30. The molecule has 0 aliphatic heterocycles. The number of nitrogens with zero attached hydrogens (tertiary/aromatic N) is 3. The molecule has 0 N–H and O–H groups in total. The van der Waals surface area contributed by atoms with Crippen LogP contribution in [0.1, 0.15) is 36.2 Å². The van der Waals surface area contributed by atoms with Crippen LogP contribution in [-0.2, 0) is 15.3 Å². The van der Waals surface area contributed by atoms with Crippen LogP contribution in [0.5, 0.6) is 0 Å². The van der Waals surface area contributed by atoms with Crippen molar-refractivity contribution in [2.24, 2.45) is 0 Å². The topological polar surface area (TPSA) is 83.7 Å². The molecule has 0 saturated carbocycles. The van der Waals surface area contributed by atoms with E-state index in [1.807, 2.05) is 80.6 Å². The molecule has 0 spiro atoms. The fraction of sp³-hybridized carbons (Fsp3) is 0.121. The molecule has 0 saturated heterocycles. The van der Waals surface area contributed by atoms with Gasteiger partial charge >= 0.3 is 0 Å². The number of fused-ring (bicyclic) bond motifs is 1. The van der Waals surface area contributed by atoms with Crippen molar-refractivity contribution >= 4 is 32.4 Å². The zero-order valence-corrected chi connectivity index (χ0v) is 22.8.